The van der Waals surface area contributed by atoms with Crippen molar-refractivity contribution in [2.75, 3.05) is 35.3 Å². The van der Waals surface area contributed by atoms with Crippen LogP contribution in [-0.4, -0.2) is 45.1 Å². The zero-order chi connectivity index (χ0) is 18.1. The van der Waals surface area contributed by atoms with Crippen molar-refractivity contribution in [2.45, 2.75) is 40.5 Å². The van der Waals surface area contributed by atoms with Crippen molar-refractivity contribution < 1.29 is 14.4 Å². The molecule has 0 aliphatic carbocycles. The summed E-state index contributed by atoms with van der Waals surface area (Å²) in [6, 6.07) is 0. The van der Waals surface area contributed by atoms with Gasteiger partial charge in [-0.3, -0.25) is 15.6 Å². The highest BCUT2D eigenvalue weighted by molar-refractivity contribution is 8.02. The quantitative estimate of drug-likeness (QED) is 0.274. The maximum absolute atomic E-state index is 11.3. The molecule has 0 fully saturated rings. The maximum atomic E-state index is 11.3. The van der Waals surface area contributed by atoms with Crippen molar-refractivity contribution in [2.24, 2.45) is 21.8 Å². The monoisotopic (exact) mass is 404 g/mol. The molecule has 6 N–H and O–H groups in total. The second kappa shape index (κ2) is 11.0. The molecule has 0 bridgehead atoms. The fourth-order valence-corrected chi connectivity index (χ4v) is 7.39. The van der Waals surface area contributed by atoms with Crippen molar-refractivity contribution in [3.63, 3.8) is 0 Å². The summed E-state index contributed by atoms with van der Waals surface area (Å²) in [7, 11) is -4.73. The molecule has 23 heavy (non-hydrogen) atoms. The number of nitrogens with two attached hydrogens (primary N) is 2. The Kier molecular flexibility index (Phi) is 11.6. The van der Waals surface area contributed by atoms with E-state index in [0.717, 1.165) is 35.9 Å². The molecule has 0 heterocycles. The largest absolute Gasteiger partial charge is 0.359 e. The van der Waals surface area contributed by atoms with Gasteiger partial charge in [0.25, 0.3) is 7.52 Å². The van der Waals surface area contributed by atoms with Crippen LogP contribution in [0.1, 0.15) is 40.5 Å². The van der Waals surface area contributed by atoms with Crippen LogP contribution in [0, 0.1) is 10.8 Å². The molecule has 0 aliphatic rings. The van der Waals surface area contributed by atoms with E-state index in [0.29, 0.717) is 6.16 Å². The van der Waals surface area contributed by atoms with Gasteiger partial charge in [0.1, 0.15) is 0 Å². The predicted octanol–water partition coefficient (Wildman–Crippen LogP) is 3.69. The minimum Gasteiger partial charge on any atom is -0.359 e. The minimum absolute atomic E-state index is 0.111. The first-order valence-corrected chi connectivity index (χ1v) is 13.6. The molecule has 2 unspecified atom stereocenters. The molecular weight excluding hydrogens is 370 g/mol. The van der Waals surface area contributed by atoms with E-state index >= 15 is 0 Å². The summed E-state index contributed by atoms with van der Waals surface area (Å²) in [6.45, 7) is 8.29. The van der Waals surface area contributed by atoms with Crippen LogP contribution < -0.4 is 11.0 Å². The van der Waals surface area contributed by atoms with Gasteiger partial charge in [0, 0.05) is 23.8 Å². The molecule has 0 radical (unpaired) electrons. The van der Waals surface area contributed by atoms with Crippen LogP contribution in [0.15, 0.2) is 0 Å². The summed E-state index contributed by atoms with van der Waals surface area (Å²) in [5, 5.41) is 0. The average molecular weight is 405 g/mol. The molecule has 0 aromatic carbocycles. The molecule has 0 spiro atoms. The maximum Gasteiger partial charge on any atom is 0.265 e. The molecule has 0 saturated heterocycles. The molecule has 0 amide bonds. The third-order valence-corrected chi connectivity index (χ3v) is 8.18. The van der Waals surface area contributed by atoms with Gasteiger partial charge in [-0.1, -0.05) is 27.7 Å². The second-order valence-electron chi connectivity index (χ2n) is 7.56. The van der Waals surface area contributed by atoms with E-state index in [1.807, 2.05) is 37.4 Å². The fraction of sp³-hybridized carbons (Fsp3) is 1.00. The summed E-state index contributed by atoms with van der Waals surface area (Å²) < 4.78 is 11.3. The van der Waals surface area contributed by atoms with Crippen LogP contribution in [0.5, 0.6) is 0 Å². The first-order chi connectivity index (χ1) is 10.3. The third kappa shape index (κ3) is 16.4. The molecule has 0 rings (SSSR count). The van der Waals surface area contributed by atoms with Gasteiger partial charge in [-0.05, 0) is 35.2 Å². The highest BCUT2D eigenvalue weighted by Gasteiger charge is 2.26. The standard InChI is InChI=1S/C14H34N2O3P2S2/c1-13(2,11-20(15)17)5-7-22-9-10-23-8-6-14(3,4)12-21(16,18)19/h17H,5-12,15H2,1-4H3,(H3,16,18,19). The molecule has 140 valence electrons. The summed E-state index contributed by atoms with van der Waals surface area (Å²) in [4.78, 5) is 18.6. The zero-order valence-electron chi connectivity index (χ0n) is 14.8. The van der Waals surface area contributed by atoms with E-state index in [9.17, 15) is 14.4 Å². The lowest BCUT2D eigenvalue weighted by molar-refractivity contribution is 0.378. The van der Waals surface area contributed by atoms with E-state index in [1.54, 1.807) is 0 Å². The summed E-state index contributed by atoms with van der Waals surface area (Å²) >= 11 is 3.82. The van der Waals surface area contributed by atoms with Crippen LogP contribution >= 0.6 is 39.3 Å². The van der Waals surface area contributed by atoms with E-state index in [2.05, 4.69) is 13.8 Å². The van der Waals surface area contributed by atoms with Crippen LogP contribution in [0.4, 0.5) is 0 Å². The summed E-state index contributed by atoms with van der Waals surface area (Å²) in [5.41, 5.74) is 10.7. The molecule has 5 nitrogen and oxygen atoms in total. The lowest BCUT2D eigenvalue weighted by atomic mass is 9.93. The smallest absolute Gasteiger partial charge is 0.265 e. The minimum atomic E-state index is -3.42. The summed E-state index contributed by atoms with van der Waals surface area (Å²) in [5.74, 6) is 4.27. The number of thioether (sulfide) groups is 2. The second-order valence-corrected chi connectivity index (χ2v) is 13.0. The Morgan fingerprint density at radius 1 is 1.00 bits per heavy atom. The van der Waals surface area contributed by atoms with Gasteiger partial charge in [0.05, 0.1) is 8.30 Å². The van der Waals surface area contributed by atoms with Gasteiger partial charge in [0.15, 0.2) is 0 Å². The molecule has 0 saturated carbocycles. The molecule has 0 aromatic heterocycles. The van der Waals surface area contributed by atoms with Crippen molar-refractivity contribution in [3.05, 3.63) is 0 Å². The van der Waals surface area contributed by atoms with E-state index in [-0.39, 0.29) is 17.0 Å². The normalized spacial score (nSPS) is 17.0. The lowest BCUT2D eigenvalue weighted by Gasteiger charge is -2.25. The van der Waals surface area contributed by atoms with Gasteiger partial charge in [-0.25, -0.2) is 0 Å². The Bertz CT molecular complexity index is 377. The van der Waals surface area contributed by atoms with Crippen molar-refractivity contribution in [3.8, 4) is 0 Å². The van der Waals surface area contributed by atoms with Crippen LogP contribution in [0.25, 0.3) is 0 Å². The molecule has 2 atom stereocenters. The van der Waals surface area contributed by atoms with E-state index in [1.165, 1.54) is 0 Å². The van der Waals surface area contributed by atoms with Gasteiger partial charge in [0.2, 0.25) is 0 Å². The van der Waals surface area contributed by atoms with Crippen LogP contribution in [0.2, 0.25) is 0 Å². The Labute approximate surface area is 151 Å². The van der Waals surface area contributed by atoms with E-state index in [4.69, 9.17) is 11.0 Å². The van der Waals surface area contributed by atoms with Crippen molar-refractivity contribution in [1.29, 1.82) is 0 Å². The first-order valence-electron chi connectivity index (χ1n) is 7.80. The van der Waals surface area contributed by atoms with Gasteiger partial charge in [-0.15, -0.1) is 0 Å². The molecule has 0 aromatic rings. The Balaban J connectivity index is 3.66. The highest BCUT2D eigenvalue weighted by atomic mass is 32.2. The zero-order valence-corrected chi connectivity index (χ0v) is 18.2. The fourth-order valence-electron chi connectivity index (χ4n) is 2.23. The molecule has 0 aliphatic heterocycles. The third-order valence-electron chi connectivity index (χ3n) is 3.46. The van der Waals surface area contributed by atoms with Crippen LogP contribution in [0.3, 0.4) is 0 Å². The van der Waals surface area contributed by atoms with Crippen LogP contribution in [-0.2, 0) is 4.57 Å². The van der Waals surface area contributed by atoms with Crippen molar-refractivity contribution in [1.82, 2.24) is 0 Å². The lowest BCUT2D eigenvalue weighted by Crippen LogP contribution is -2.20. The van der Waals surface area contributed by atoms with E-state index < -0.39 is 15.8 Å². The number of hydrogen-bond donors (Lipinski definition) is 4. The van der Waals surface area contributed by atoms with Gasteiger partial charge < -0.3 is 9.79 Å². The molecular formula is C14H34N2O3P2S2. The predicted molar refractivity (Wildman–Crippen MR) is 109 cm³/mol. The number of hydrogen-bond acceptors (Lipinski definition) is 5. The Morgan fingerprint density at radius 2 is 1.43 bits per heavy atom. The van der Waals surface area contributed by atoms with Gasteiger partial charge in [-0.2, -0.15) is 23.5 Å². The Hall–Kier alpha value is 1.20. The highest BCUT2D eigenvalue weighted by Crippen LogP contribution is 2.40. The average Bonchev–Trinajstić information content (AvgIpc) is 2.27. The van der Waals surface area contributed by atoms with Crippen molar-refractivity contribution >= 4 is 39.3 Å². The number of rotatable bonds is 13. The van der Waals surface area contributed by atoms with Gasteiger partial charge >= 0.3 is 0 Å². The summed E-state index contributed by atoms with van der Waals surface area (Å²) in [6.07, 6.45) is 2.84. The Morgan fingerprint density at radius 3 is 1.83 bits per heavy atom. The first kappa shape index (κ1) is 24.2. The molecule has 9 heteroatoms. The SMILES string of the molecule is CC(C)(CCSCCSCCC(C)(C)CP(N)(=O)O)CP(N)O. The topological polar surface area (TPSA) is 110 Å².